The van der Waals surface area contributed by atoms with Crippen molar-refractivity contribution < 1.29 is 4.79 Å². The van der Waals surface area contributed by atoms with Gasteiger partial charge in [-0.2, -0.15) is 0 Å². The fourth-order valence-corrected chi connectivity index (χ4v) is 3.25. The number of rotatable bonds is 1. The molecule has 19 heavy (non-hydrogen) atoms. The SMILES string of the molecule is CN1CCCN(c2nc3ccc(N)cc3s2)CC1=O. The van der Waals surface area contributed by atoms with E-state index in [2.05, 4.69) is 9.88 Å². The molecule has 1 aliphatic heterocycles. The molecular formula is C13H16N4OS. The number of nitrogen functional groups attached to an aromatic ring is 1. The molecule has 100 valence electrons. The van der Waals surface area contributed by atoms with Gasteiger partial charge >= 0.3 is 0 Å². The van der Waals surface area contributed by atoms with Crippen molar-refractivity contribution in [2.45, 2.75) is 6.42 Å². The van der Waals surface area contributed by atoms with Gasteiger partial charge in [-0.3, -0.25) is 4.79 Å². The van der Waals surface area contributed by atoms with Crippen LogP contribution in [0.4, 0.5) is 10.8 Å². The molecule has 0 aliphatic carbocycles. The van der Waals surface area contributed by atoms with Crippen LogP contribution in [-0.2, 0) is 4.79 Å². The molecule has 2 N–H and O–H groups in total. The van der Waals surface area contributed by atoms with Crippen LogP contribution in [-0.4, -0.2) is 42.5 Å². The van der Waals surface area contributed by atoms with E-state index in [1.807, 2.05) is 25.2 Å². The van der Waals surface area contributed by atoms with Crippen LogP contribution < -0.4 is 10.6 Å². The second kappa shape index (κ2) is 4.70. The first-order valence-corrected chi connectivity index (χ1v) is 7.10. The minimum absolute atomic E-state index is 0.149. The van der Waals surface area contributed by atoms with Crippen molar-refractivity contribution in [2.75, 3.05) is 37.3 Å². The zero-order valence-corrected chi connectivity index (χ0v) is 11.6. The third-order valence-electron chi connectivity index (χ3n) is 3.35. The molecule has 3 rings (SSSR count). The summed E-state index contributed by atoms with van der Waals surface area (Å²) < 4.78 is 1.07. The normalized spacial score (nSPS) is 17.0. The fourth-order valence-electron chi connectivity index (χ4n) is 2.21. The zero-order valence-electron chi connectivity index (χ0n) is 10.8. The average molecular weight is 276 g/mol. The number of likely N-dealkylation sites (N-methyl/N-ethyl adjacent to an activating group) is 1. The van der Waals surface area contributed by atoms with E-state index < -0.39 is 0 Å². The van der Waals surface area contributed by atoms with Crippen LogP contribution in [0.1, 0.15) is 6.42 Å². The summed E-state index contributed by atoms with van der Waals surface area (Å²) in [6, 6.07) is 5.71. The number of hydrogen-bond donors (Lipinski definition) is 1. The summed E-state index contributed by atoms with van der Waals surface area (Å²) in [5, 5.41) is 0.907. The third-order valence-corrected chi connectivity index (χ3v) is 4.42. The van der Waals surface area contributed by atoms with E-state index in [4.69, 9.17) is 5.73 Å². The maximum absolute atomic E-state index is 11.9. The second-order valence-corrected chi connectivity index (χ2v) is 5.82. The number of hydrogen-bond acceptors (Lipinski definition) is 5. The van der Waals surface area contributed by atoms with E-state index in [0.29, 0.717) is 6.54 Å². The lowest BCUT2D eigenvalue weighted by atomic mass is 10.3. The van der Waals surface area contributed by atoms with Crippen molar-refractivity contribution in [3.63, 3.8) is 0 Å². The molecule has 1 saturated heterocycles. The molecule has 1 aromatic carbocycles. The molecule has 5 nitrogen and oxygen atoms in total. The number of carbonyl (C=O) groups excluding carboxylic acids is 1. The maximum Gasteiger partial charge on any atom is 0.241 e. The molecule has 0 saturated carbocycles. The summed E-state index contributed by atoms with van der Waals surface area (Å²) in [4.78, 5) is 20.4. The van der Waals surface area contributed by atoms with Crippen LogP contribution in [0, 0.1) is 0 Å². The summed E-state index contributed by atoms with van der Waals surface area (Å²) in [5.41, 5.74) is 7.47. The van der Waals surface area contributed by atoms with Gasteiger partial charge in [-0.1, -0.05) is 11.3 Å². The molecular weight excluding hydrogens is 260 g/mol. The van der Waals surface area contributed by atoms with E-state index in [1.54, 1.807) is 16.2 Å². The Kier molecular flexibility index (Phi) is 3.02. The molecule has 0 radical (unpaired) electrons. The first-order chi connectivity index (χ1) is 9.13. The highest BCUT2D eigenvalue weighted by Gasteiger charge is 2.21. The van der Waals surface area contributed by atoms with Crippen molar-refractivity contribution in [1.29, 1.82) is 0 Å². The highest BCUT2D eigenvalue weighted by Crippen LogP contribution is 2.30. The summed E-state index contributed by atoms with van der Waals surface area (Å²) in [7, 11) is 1.85. The van der Waals surface area contributed by atoms with Gasteiger partial charge in [-0.25, -0.2) is 4.98 Å². The summed E-state index contributed by atoms with van der Waals surface area (Å²) in [5.74, 6) is 0.149. The molecule has 0 spiro atoms. The molecule has 0 atom stereocenters. The Morgan fingerprint density at radius 2 is 2.21 bits per heavy atom. The molecule has 1 amide bonds. The molecule has 1 aromatic heterocycles. The van der Waals surface area contributed by atoms with Gasteiger partial charge in [0, 0.05) is 25.8 Å². The number of fused-ring (bicyclic) bond motifs is 1. The first-order valence-electron chi connectivity index (χ1n) is 6.28. The highest BCUT2D eigenvalue weighted by molar-refractivity contribution is 7.22. The van der Waals surface area contributed by atoms with E-state index in [1.165, 1.54) is 0 Å². The van der Waals surface area contributed by atoms with Crippen LogP contribution in [0.5, 0.6) is 0 Å². The first kappa shape index (κ1) is 12.2. The number of thiazole rings is 1. The van der Waals surface area contributed by atoms with Crippen LogP contribution in [0.15, 0.2) is 18.2 Å². The lowest BCUT2D eigenvalue weighted by molar-refractivity contribution is -0.127. The molecule has 6 heteroatoms. The Morgan fingerprint density at radius 3 is 3.05 bits per heavy atom. The van der Waals surface area contributed by atoms with E-state index >= 15 is 0 Å². The van der Waals surface area contributed by atoms with Crippen molar-refractivity contribution in [2.24, 2.45) is 0 Å². The Labute approximate surface area is 115 Å². The van der Waals surface area contributed by atoms with E-state index in [9.17, 15) is 4.79 Å². The minimum atomic E-state index is 0.149. The zero-order chi connectivity index (χ0) is 13.4. The predicted octanol–water partition coefficient (Wildman–Crippen LogP) is 1.55. The van der Waals surface area contributed by atoms with Crippen LogP contribution >= 0.6 is 11.3 Å². The molecule has 1 fully saturated rings. The summed E-state index contributed by atoms with van der Waals surface area (Å²) >= 11 is 1.59. The van der Waals surface area contributed by atoms with Gasteiger partial charge < -0.3 is 15.5 Å². The monoisotopic (exact) mass is 276 g/mol. The largest absolute Gasteiger partial charge is 0.399 e. The average Bonchev–Trinajstić information content (AvgIpc) is 2.72. The highest BCUT2D eigenvalue weighted by atomic mass is 32.1. The lowest BCUT2D eigenvalue weighted by Crippen LogP contribution is -2.34. The van der Waals surface area contributed by atoms with Crippen molar-refractivity contribution in [1.82, 2.24) is 9.88 Å². The number of anilines is 2. The van der Waals surface area contributed by atoms with Gasteiger partial charge in [-0.15, -0.1) is 0 Å². The standard InChI is InChI=1S/C13H16N4OS/c1-16-5-2-6-17(8-12(16)18)13-15-10-4-3-9(14)7-11(10)19-13/h3-4,7H,2,5-6,8,14H2,1H3. The van der Waals surface area contributed by atoms with Gasteiger partial charge in [0.1, 0.15) is 0 Å². The molecule has 2 heterocycles. The number of nitrogens with two attached hydrogens (primary N) is 1. The van der Waals surface area contributed by atoms with Crippen molar-refractivity contribution >= 4 is 38.3 Å². The molecule has 1 aliphatic rings. The minimum Gasteiger partial charge on any atom is -0.399 e. The van der Waals surface area contributed by atoms with Gasteiger partial charge in [-0.05, 0) is 24.6 Å². The van der Waals surface area contributed by atoms with Crippen LogP contribution in [0.25, 0.3) is 10.2 Å². The molecule has 2 aromatic rings. The second-order valence-electron chi connectivity index (χ2n) is 4.81. The quantitative estimate of drug-likeness (QED) is 0.803. The number of nitrogens with zero attached hydrogens (tertiary/aromatic N) is 3. The number of amides is 1. The number of benzene rings is 1. The topological polar surface area (TPSA) is 62.5 Å². The Bertz CT molecular complexity index is 624. The Hall–Kier alpha value is -1.82. The van der Waals surface area contributed by atoms with Crippen LogP contribution in [0.3, 0.4) is 0 Å². The van der Waals surface area contributed by atoms with Crippen molar-refractivity contribution in [3.8, 4) is 0 Å². The number of aromatic nitrogens is 1. The molecule has 0 unspecified atom stereocenters. The Balaban J connectivity index is 1.92. The third kappa shape index (κ3) is 2.35. The predicted molar refractivity (Wildman–Crippen MR) is 78.5 cm³/mol. The summed E-state index contributed by atoms with van der Waals surface area (Å²) in [6.45, 7) is 2.09. The van der Waals surface area contributed by atoms with Crippen LogP contribution in [0.2, 0.25) is 0 Å². The van der Waals surface area contributed by atoms with E-state index in [-0.39, 0.29) is 5.91 Å². The van der Waals surface area contributed by atoms with Crippen molar-refractivity contribution in [3.05, 3.63) is 18.2 Å². The van der Waals surface area contributed by atoms with Gasteiger partial charge in [0.05, 0.1) is 16.8 Å². The van der Waals surface area contributed by atoms with Gasteiger partial charge in [0.25, 0.3) is 0 Å². The van der Waals surface area contributed by atoms with Gasteiger partial charge in [0.15, 0.2) is 5.13 Å². The molecule has 0 bridgehead atoms. The smallest absolute Gasteiger partial charge is 0.241 e. The fraction of sp³-hybridized carbons (Fsp3) is 0.385. The van der Waals surface area contributed by atoms with E-state index in [0.717, 1.165) is 40.5 Å². The summed E-state index contributed by atoms with van der Waals surface area (Å²) in [6.07, 6.45) is 0.973. The lowest BCUT2D eigenvalue weighted by Gasteiger charge is -2.18. The maximum atomic E-state index is 11.9. The van der Waals surface area contributed by atoms with Gasteiger partial charge in [0.2, 0.25) is 5.91 Å². The number of carbonyl (C=O) groups is 1. The Morgan fingerprint density at radius 1 is 1.37 bits per heavy atom.